The van der Waals surface area contributed by atoms with Crippen molar-refractivity contribution in [3.05, 3.63) is 40.3 Å². The number of nitrogens with zero attached hydrogens (tertiary/aromatic N) is 4. The van der Waals surface area contributed by atoms with E-state index in [2.05, 4.69) is 25.6 Å². The summed E-state index contributed by atoms with van der Waals surface area (Å²) in [6, 6.07) is 3.65. The Labute approximate surface area is 128 Å². The second kappa shape index (κ2) is 5.92. The number of pyridine rings is 1. The molecule has 2 N–H and O–H groups in total. The van der Waals surface area contributed by atoms with Gasteiger partial charge in [0.25, 0.3) is 0 Å². The summed E-state index contributed by atoms with van der Waals surface area (Å²) in [5.41, 5.74) is 0.292. The largest absolute Gasteiger partial charge is 0.360 e. The molecule has 0 bridgehead atoms. The summed E-state index contributed by atoms with van der Waals surface area (Å²) in [6.45, 7) is 7.55. The zero-order chi connectivity index (χ0) is 16.3. The van der Waals surface area contributed by atoms with Gasteiger partial charge in [0, 0.05) is 11.7 Å². The summed E-state index contributed by atoms with van der Waals surface area (Å²) in [4.78, 5) is 23.1. The van der Waals surface area contributed by atoms with Gasteiger partial charge in [0.05, 0.1) is 4.92 Å². The number of rotatable bonds is 4. The molecule has 0 spiro atoms. The van der Waals surface area contributed by atoms with Crippen molar-refractivity contribution in [3.8, 4) is 0 Å². The highest BCUT2D eigenvalue weighted by atomic mass is 16.6. The number of hydrogen-bond acceptors (Lipinski definition) is 7. The van der Waals surface area contributed by atoms with Gasteiger partial charge in [-0.2, -0.15) is 0 Å². The van der Waals surface area contributed by atoms with Crippen molar-refractivity contribution in [2.24, 2.45) is 0 Å². The molecule has 0 unspecified atom stereocenters. The summed E-state index contributed by atoms with van der Waals surface area (Å²) in [5.74, 6) is 0.795. The molecule has 0 amide bonds. The van der Waals surface area contributed by atoms with Gasteiger partial charge in [-0.25, -0.2) is 15.0 Å². The first kappa shape index (κ1) is 15.6. The van der Waals surface area contributed by atoms with E-state index < -0.39 is 4.92 Å². The maximum absolute atomic E-state index is 11.4. The molecule has 0 aliphatic carbocycles. The first-order valence-electron chi connectivity index (χ1n) is 6.74. The molecule has 2 rings (SSSR count). The SMILES string of the molecule is Cc1cccnc1Nc1ncnc(NC(C)(C)C)c1[N+](=O)[O-]. The Bertz CT molecular complexity index is 696. The standard InChI is InChI=1S/C14H18N6O2/c1-9-6-5-7-15-11(9)18-12-10(20(21)22)13(17-8-16-12)19-14(2,3)4/h5-8H,1-4H3,(H2,15,16,17,18,19). The molecule has 116 valence electrons. The maximum Gasteiger partial charge on any atom is 0.353 e. The van der Waals surface area contributed by atoms with E-state index in [0.29, 0.717) is 5.82 Å². The molecule has 0 saturated carbocycles. The molecule has 0 fully saturated rings. The van der Waals surface area contributed by atoms with E-state index in [1.165, 1.54) is 6.33 Å². The zero-order valence-electron chi connectivity index (χ0n) is 12.9. The van der Waals surface area contributed by atoms with Crippen LogP contribution >= 0.6 is 0 Å². The lowest BCUT2D eigenvalue weighted by atomic mass is 10.1. The van der Waals surface area contributed by atoms with Crippen molar-refractivity contribution >= 4 is 23.1 Å². The average Bonchev–Trinajstić information content (AvgIpc) is 2.39. The van der Waals surface area contributed by atoms with Crippen molar-refractivity contribution in [2.75, 3.05) is 10.6 Å². The van der Waals surface area contributed by atoms with Crippen LogP contribution in [0.1, 0.15) is 26.3 Å². The lowest BCUT2D eigenvalue weighted by Gasteiger charge is -2.21. The average molecular weight is 302 g/mol. The van der Waals surface area contributed by atoms with Crippen LogP contribution in [0.15, 0.2) is 24.7 Å². The molecule has 0 saturated heterocycles. The van der Waals surface area contributed by atoms with E-state index in [-0.39, 0.29) is 22.9 Å². The molecular weight excluding hydrogens is 284 g/mol. The van der Waals surface area contributed by atoms with Crippen LogP contribution < -0.4 is 10.6 Å². The van der Waals surface area contributed by atoms with Crippen LogP contribution in [0.5, 0.6) is 0 Å². The van der Waals surface area contributed by atoms with Crippen LogP contribution in [0.3, 0.4) is 0 Å². The highest BCUT2D eigenvalue weighted by Crippen LogP contribution is 2.32. The fraction of sp³-hybridized carbons (Fsp3) is 0.357. The van der Waals surface area contributed by atoms with Crippen LogP contribution in [0.2, 0.25) is 0 Å². The monoisotopic (exact) mass is 302 g/mol. The number of anilines is 3. The Morgan fingerprint density at radius 3 is 2.41 bits per heavy atom. The van der Waals surface area contributed by atoms with E-state index in [0.717, 1.165) is 5.56 Å². The Morgan fingerprint density at radius 2 is 1.82 bits per heavy atom. The Morgan fingerprint density at radius 1 is 1.14 bits per heavy atom. The molecule has 22 heavy (non-hydrogen) atoms. The second-order valence-corrected chi connectivity index (χ2v) is 5.85. The molecule has 2 aromatic rings. The van der Waals surface area contributed by atoms with Crippen molar-refractivity contribution in [2.45, 2.75) is 33.2 Å². The van der Waals surface area contributed by atoms with E-state index in [9.17, 15) is 10.1 Å². The summed E-state index contributed by atoms with van der Waals surface area (Å²) in [6.07, 6.45) is 2.89. The molecule has 8 heteroatoms. The fourth-order valence-corrected chi connectivity index (χ4v) is 1.82. The number of aromatic nitrogens is 3. The molecule has 2 heterocycles. The Balaban J connectivity index is 2.45. The third-order valence-corrected chi connectivity index (χ3v) is 2.74. The van der Waals surface area contributed by atoms with Crippen molar-refractivity contribution in [1.82, 2.24) is 15.0 Å². The molecule has 0 aliphatic heterocycles. The van der Waals surface area contributed by atoms with Gasteiger partial charge < -0.3 is 10.6 Å². The van der Waals surface area contributed by atoms with Gasteiger partial charge in [-0.3, -0.25) is 10.1 Å². The summed E-state index contributed by atoms with van der Waals surface area (Å²) < 4.78 is 0. The molecule has 0 atom stereocenters. The molecule has 0 aliphatic rings. The van der Waals surface area contributed by atoms with Gasteiger partial charge in [-0.15, -0.1) is 0 Å². The first-order valence-corrected chi connectivity index (χ1v) is 6.74. The lowest BCUT2D eigenvalue weighted by Crippen LogP contribution is -2.27. The molecule has 0 radical (unpaired) electrons. The van der Waals surface area contributed by atoms with Gasteiger partial charge in [-0.1, -0.05) is 6.07 Å². The van der Waals surface area contributed by atoms with E-state index >= 15 is 0 Å². The van der Waals surface area contributed by atoms with Crippen LogP contribution in [-0.4, -0.2) is 25.4 Å². The minimum atomic E-state index is -0.505. The van der Waals surface area contributed by atoms with Crippen molar-refractivity contribution in [1.29, 1.82) is 0 Å². The molecule has 2 aromatic heterocycles. The van der Waals surface area contributed by atoms with Crippen molar-refractivity contribution < 1.29 is 4.92 Å². The van der Waals surface area contributed by atoms with Crippen molar-refractivity contribution in [3.63, 3.8) is 0 Å². The van der Waals surface area contributed by atoms with Gasteiger partial charge in [0.2, 0.25) is 11.6 Å². The normalized spacial score (nSPS) is 11.1. The fourth-order valence-electron chi connectivity index (χ4n) is 1.82. The quantitative estimate of drug-likeness (QED) is 0.660. The Hall–Kier alpha value is -2.77. The summed E-state index contributed by atoms with van der Waals surface area (Å²) in [5, 5.41) is 17.4. The van der Waals surface area contributed by atoms with Gasteiger partial charge in [-0.05, 0) is 39.3 Å². The molecular formula is C14H18N6O2. The topological polar surface area (TPSA) is 106 Å². The van der Waals surface area contributed by atoms with E-state index in [4.69, 9.17) is 0 Å². The number of hydrogen-bond donors (Lipinski definition) is 2. The highest BCUT2D eigenvalue weighted by molar-refractivity contribution is 5.73. The minimum absolute atomic E-state index is 0.105. The third-order valence-electron chi connectivity index (χ3n) is 2.74. The first-order chi connectivity index (χ1) is 10.3. The smallest absolute Gasteiger partial charge is 0.353 e. The molecule has 8 nitrogen and oxygen atoms in total. The summed E-state index contributed by atoms with van der Waals surface area (Å²) >= 11 is 0. The van der Waals surface area contributed by atoms with Crippen LogP contribution in [0.4, 0.5) is 23.1 Å². The Kier molecular flexibility index (Phi) is 4.20. The second-order valence-electron chi connectivity index (χ2n) is 5.85. The van der Waals surface area contributed by atoms with Gasteiger partial charge in [0.1, 0.15) is 12.1 Å². The van der Waals surface area contributed by atoms with E-state index in [1.807, 2.05) is 33.8 Å². The lowest BCUT2D eigenvalue weighted by molar-refractivity contribution is -0.383. The van der Waals surface area contributed by atoms with E-state index in [1.54, 1.807) is 12.3 Å². The highest BCUT2D eigenvalue weighted by Gasteiger charge is 2.26. The summed E-state index contributed by atoms with van der Waals surface area (Å²) in [7, 11) is 0. The molecule has 0 aromatic carbocycles. The van der Waals surface area contributed by atoms with Crippen LogP contribution in [0.25, 0.3) is 0 Å². The zero-order valence-corrected chi connectivity index (χ0v) is 12.9. The van der Waals surface area contributed by atoms with Gasteiger partial charge in [0.15, 0.2) is 0 Å². The number of nitrogens with one attached hydrogen (secondary N) is 2. The predicted octanol–water partition coefficient (Wildman–Crippen LogP) is 3.04. The predicted molar refractivity (Wildman–Crippen MR) is 84.3 cm³/mol. The maximum atomic E-state index is 11.4. The van der Waals surface area contributed by atoms with Gasteiger partial charge >= 0.3 is 5.69 Å². The number of nitro groups is 1. The third kappa shape index (κ3) is 3.66. The minimum Gasteiger partial charge on any atom is -0.360 e. The van der Waals surface area contributed by atoms with Crippen LogP contribution in [0, 0.1) is 17.0 Å². The number of aryl methyl sites for hydroxylation is 1. The van der Waals surface area contributed by atoms with Crippen LogP contribution in [-0.2, 0) is 0 Å².